The number of aromatic nitrogens is 1. The summed E-state index contributed by atoms with van der Waals surface area (Å²) >= 11 is 0. The highest BCUT2D eigenvalue weighted by molar-refractivity contribution is 5.99. The highest BCUT2D eigenvalue weighted by atomic mass is 19.1. The van der Waals surface area contributed by atoms with E-state index < -0.39 is 17.7 Å². The number of hydrogen-bond acceptors (Lipinski definition) is 4. The highest BCUT2D eigenvalue weighted by Gasteiger charge is 2.33. The number of pyridine rings is 1. The maximum Gasteiger partial charge on any atom is 0.308 e. The number of rotatable bonds is 4. The molecule has 2 aromatic rings. The van der Waals surface area contributed by atoms with Gasteiger partial charge in [-0.05, 0) is 36.6 Å². The molecule has 136 valence electrons. The summed E-state index contributed by atoms with van der Waals surface area (Å²) in [4.78, 5) is 30.0. The molecule has 0 bridgehead atoms. The van der Waals surface area contributed by atoms with E-state index in [0.717, 1.165) is 0 Å². The number of carboxylic acid groups (broad SMARTS) is 1. The molecule has 2 heterocycles. The Kier molecular flexibility index (Phi) is 5.16. The lowest BCUT2D eigenvalue weighted by molar-refractivity contribution is -0.143. The molecule has 0 spiro atoms. The van der Waals surface area contributed by atoms with E-state index in [4.69, 9.17) is 0 Å². The quantitative estimate of drug-likeness (QED) is 0.878. The molecule has 1 aliphatic rings. The third-order valence-electron chi connectivity index (χ3n) is 4.46. The lowest BCUT2D eigenvalue weighted by Gasteiger charge is -2.35. The van der Waals surface area contributed by atoms with Crippen LogP contribution in [-0.4, -0.2) is 40.0 Å². The van der Waals surface area contributed by atoms with Crippen LogP contribution in [-0.2, 0) is 4.79 Å². The van der Waals surface area contributed by atoms with Crippen molar-refractivity contribution in [3.05, 3.63) is 54.0 Å². The van der Waals surface area contributed by atoms with Crippen LogP contribution >= 0.6 is 0 Å². The maximum atomic E-state index is 13.9. The Morgan fingerprint density at radius 1 is 1.23 bits per heavy atom. The second-order valence-electron chi connectivity index (χ2n) is 6.59. The van der Waals surface area contributed by atoms with E-state index >= 15 is 0 Å². The molecule has 1 amide bonds. The zero-order valence-corrected chi connectivity index (χ0v) is 14.4. The van der Waals surface area contributed by atoms with Crippen molar-refractivity contribution in [3.63, 3.8) is 0 Å². The maximum absolute atomic E-state index is 13.9. The van der Waals surface area contributed by atoms with Gasteiger partial charge in [-0.1, -0.05) is 19.1 Å². The molecule has 7 heteroatoms. The third-order valence-corrected chi connectivity index (χ3v) is 4.46. The fraction of sp³-hybridized carbons (Fsp3) is 0.316. The van der Waals surface area contributed by atoms with E-state index in [1.807, 2.05) is 6.92 Å². The number of piperidine rings is 1. The summed E-state index contributed by atoms with van der Waals surface area (Å²) in [5.74, 6) is -1.91. The number of nitrogens with one attached hydrogen (secondary N) is 1. The Balaban J connectivity index is 1.86. The number of benzene rings is 1. The summed E-state index contributed by atoms with van der Waals surface area (Å²) in [5.41, 5.74) is 0.504. The summed E-state index contributed by atoms with van der Waals surface area (Å²) in [7, 11) is 0. The SMILES string of the molecule is CC1CC(C(=O)O)CN(C(=O)c2cccnc2Nc2ccccc2F)C1. The first-order chi connectivity index (χ1) is 12.5. The smallest absolute Gasteiger partial charge is 0.308 e. The minimum Gasteiger partial charge on any atom is -0.481 e. The van der Waals surface area contributed by atoms with Crippen molar-refractivity contribution < 1.29 is 19.1 Å². The third kappa shape index (κ3) is 3.82. The van der Waals surface area contributed by atoms with Gasteiger partial charge in [0, 0.05) is 19.3 Å². The average Bonchev–Trinajstić information content (AvgIpc) is 2.63. The van der Waals surface area contributed by atoms with E-state index in [0.29, 0.717) is 13.0 Å². The van der Waals surface area contributed by atoms with Crippen molar-refractivity contribution in [2.24, 2.45) is 11.8 Å². The monoisotopic (exact) mass is 357 g/mol. The van der Waals surface area contributed by atoms with Gasteiger partial charge in [0.05, 0.1) is 17.2 Å². The topological polar surface area (TPSA) is 82.5 Å². The zero-order valence-electron chi connectivity index (χ0n) is 14.4. The van der Waals surface area contributed by atoms with Gasteiger partial charge in [-0.3, -0.25) is 9.59 Å². The standard InChI is InChI=1S/C19H20FN3O3/c1-12-9-13(19(25)26)11-23(10-12)18(24)14-5-4-8-21-17(14)22-16-7-3-2-6-15(16)20/h2-8,12-13H,9-11H2,1H3,(H,21,22)(H,25,26). The van der Waals surface area contributed by atoms with Gasteiger partial charge >= 0.3 is 5.97 Å². The molecule has 3 rings (SSSR count). The predicted octanol–water partition coefficient (Wildman–Crippen LogP) is 3.15. The average molecular weight is 357 g/mol. The number of carboxylic acids is 1. The molecule has 1 aliphatic heterocycles. The molecule has 2 atom stereocenters. The van der Waals surface area contributed by atoms with Crippen LogP contribution in [0.5, 0.6) is 0 Å². The van der Waals surface area contributed by atoms with Gasteiger partial charge in [0.2, 0.25) is 0 Å². The summed E-state index contributed by atoms with van der Waals surface area (Å²) in [5, 5.41) is 12.2. The van der Waals surface area contributed by atoms with Crippen LogP contribution in [0.15, 0.2) is 42.6 Å². The van der Waals surface area contributed by atoms with Crippen molar-refractivity contribution in [1.82, 2.24) is 9.88 Å². The number of anilines is 2. The van der Waals surface area contributed by atoms with Gasteiger partial charge in [0.25, 0.3) is 5.91 Å². The summed E-state index contributed by atoms with van der Waals surface area (Å²) in [6, 6.07) is 9.36. The number of likely N-dealkylation sites (tertiary alicyclic amines) is 1. The normalized spacial score (nSPS) is 19.8. The van der Waals surface area contributed by atoms with Crippen molar-refractivity contribution in [2.75, 3.05) is 18.4 Å². The van der Waals surface area contributed by atoms with Gasteiger partial charge in [0.15, 0.2) is 0 Å². The molecule has 2 N–H and O–H groups in total. The number of para-hydroxylation sites is 1. The second kappa shape index (κ2) is 7.51. The van der Waals surface area contributed by atoms with Crippen LogP contribution in [0.4, 0.5) is 15.9 Å². The highest BCUT2D eigenvalue weighted by Crippen LogP contribution is 2.26. The van der Waals surface area contributed by atoms with Gasteiger partial charge in [-0.15, -0.1) is 0 Å². The van der Waals surface area contributed by atoms with Crippen LogP contribution in [0.2, 0.25) is 0 Å². The number of carbonyl (C=O) groups excluding carboxylic acids is 1. The Morgan fingerprint density at radius 3 is 2.73 bits per heavy atom. The van der Waals surface area contributed by atoms with E-state index in [1.54, 1.807) is 30.3 Å². The number of halogens is 1. The van der Waals surface area contributed by atoms with Gasteiger partial charge in [-0.2, -0.15) is 0 Å². The number of aliphatic carboxylic acids is 1. The number of hydrogen-bond donors (Lipinski definition) is 2. The number of amides is 1. The van der Waals surface area contributed by atoms with Crippen LogP contribution in [0.25, 0.3) is 0 Å². The lowest BCUT2D eigenvalue weighted by atomic mass is 9.90. The molecule has 0 radical (unpaired) electrons. The molecule has 1 saturated heterocycles. The van der Waals surface area contributed by atoms with Crippen LogP contribution in [0.3, 0.4) is 0 Å². The summed E-state index contributed by atoms with van der Waals surface area (Å²) in [6.45, 7) is 2.57. The molecule has 1 fully saturated rings. The van der Waals surface area contributed by atoms with Crippen molar-refractivity contribution in [2.45, 2.75) is 13.3 Å². The van der Waals surface area contributed by atoms with Crippen molar-refractivity contribution in [3.8, 4) is 0 Å². The fourth-order valence-corrected chi connectivity index (χ4v) is 3.23. The number of carbonyl (C=O) groups is 2. The molecule has 26 heavy (non-hydrogen) atoms. The van der Waals surface area contributed by atoms with Crippen molar-refractivity contribution in [1.29, 1.82) is 0 Å². The predicted molar refractivity (Wildman–Crippen MR) is 94.7 cm³/mol. The zero-order chi connectivity index (χ0) is 18.7. The van der Waals surface area contributed by atoms with Gasteiger partial charge in [-0.25, -0.2) is 9.37 Å². The molecule has 2 unspecified atom stereocenters. The first-order valence-corrected chi connectivity index (χ1v) is 8.44. The van der Waals surface area contributed by atoms with E-state index in [9.17, 15) is 19.1 Å². The van der Waals surface area contributed by atoms with E-state index in [-0.39, 0.29) is 35.4 Å². The molecule has 0 aliphatic carbocycles. The largest absolute Gasteiger partial charge is 0.481 e. The molecule has 1 aromatic heterocycles. The van der Waals surface area contributed by atoms with Crippen LogP contribution in [0, 0.1) is 17.7 Å². The Bertz CT molecular complexity index is 827. The van der Waals surface area contributed by atoms with E-state index in [2.05, 4.69) is 10.3 Å². The van der Waals surface area contributed by atoms with Gasteiger partial charge in [0.1, 0.15) is 11.6 Å². The van der Waals surface area contributed by atoms with Gasteiger partial charge < -0.3 is 15.3 Å². The molecule has 1 aromatic carbocycles. The molecular formula is C19H20FN3O3. The summed E-state index contributed by atoms with van der Waals surface area (Å²) < 4.78 is 13.9. The lowest BCUT2D eigenvalue weighted by Crippen LogP contribution is -2.45. The van der Waals surface area contributed by atoms with Crippen LogP contribution in [0.1, 0.15) is 23.7 Å². The fourth-order valence-electron chi connectivity index (χ4n) is 3.23. The Morgan fingerprint density at radius 2 is 2.00 bits per heavy atom. The first kappa shape index (κ1) is 17.8. The van der Waals surface area contributed by atoms with E-state index in [1.165, 1.54) is 17.2 Å². The Hall–Kier alpha value is -2.96. The molecular weight excluding hydrogens is 337 g/mol. The second-order valence-corrected chi connectivity index (χ2v) is 6.59. The summed E-state index contributed by atoms with van der Waals surface area (Å²) in [6.07, 6.45) is 2.06. The number of nitrogens with zero attached hydrogens (tertiary/aromatic N) is 2. The minimum atomic E-state index is -0.898. The minimum absolute atomic E-state index is 0.0912. The Labute approximate surface area is 150 Å². The van der Waals surface area contributed by atoms with Crippen LogP contribution < -0.4 is 5.32 Å². The van der Waals surface area contributed by atoms with Crippen molar-refractivity contribution >= 4 is 23.4 Å². The molecule has 0 saturated carbocycles. The first-order valence-electron chi connectivity index (χ1n) is 8.44. The molecule has 6 nitrogen and oxygen atoms in total.